The van der Waals surface area contributed by atoms with Crippen molar-refractivity contribution in [2.24, 2.45) is 0 Å². The summed E-state index contributed by atoms with van der Waals surface area (Å²) in [7, 11) is 3.47. The van der Waals surface area contributed by atoms with Crippen molar-refractivity contribution in [3.63, 3.8) is 0 Å². The van der Waals surface area contributed by atoms with E-state index in [1.807, 2.05) is 42.5 Å². The van der Waals surface area contributed by atoms with Gasteiger partial charge in [-0.25, -0.2) is 4.79 Å². The fourth-order valence-electron chi connectivity index (χ4n) is 1.76. The summed E-state index contributed by atoms with van der Waals surface area (Å²) in [5.41, 5.74) is 1.68. The maximum Gasteiger partial charge on any atom is 0.338 e. The molecule has 0 unspecified atom stereocenters. The molecule has 2 aromatic carbocycles. The highest BCUT2D eigenvalue weighted by Crippen LogP contribution is 2.22. The summed E-state index contributed by atoms with van der Waals surface area (Å²) in [6, 6.07) is 16.8. The largest absolute Gasteiger partial charge is 0.451 e. The maximum absolute atomic E-state index is 11.8. The van der Waals surface area contributed by atoms with E-state index in [1.165, 1.54) is 23.5 Å². The van der Waals surface area contributed by atoms with Crippen LogP contribution in [0.1, 0.15) is 15.9 Å². The van der Waals surface area contributed by atoms with Gasteiger partial charge < -0.3 is 9.64 Å². The Labute approximate surface area is 150 Å². The standard InChI is InChI=1S/C18H19NO3S2/c1-19(2)18(21)24-16-10-8-14(9-11-16)12-23-13-22-17(20)15-6-4-3-5-7-15/h3-11H,12-13H2,1-2H3. The fourth-order valence-corrected chi connectivity index (χ4v) is 3.12. The number of esters is 1. The third kappa shape index (κ3) is 5.94. The molecule has 24 heavy (non-hydrogen) atoms. The van der Waals surface area contributed by atoms with Crippen LogP contribution >= 0.6 is 23.5 Å². The predicted molar refractivity (Wildman–Crippen MR) is 99.4 cm³/mol. The van der Waals surface area contributed by atoms with E-state index in [0.717, 1.165) is 16.2 Å². The van der Waals surface area contributed by atoms with E-state index in [2.05, 4.69) is 0 Å². The molecular formula is C18H19NO3S2. The summed E-state index contributed by atoms with van der Waals surface area (Å²) in [4.78, 5) is 25.9. The first kappa shape index (κ1) is 18.4. The van der Waals surface area contributed by atoms with Crippen molar-refractivity contribution < 1.29 is 14.3 Å². The Morgan fingerprint density at radius 3 is 2.29 bits per heavy atom. The van der Waals surface area contributed by atoms with Crippen LogP contribution in [0.3, 0.4) is 0 Å². The number of hydrogen-bond acceptors (Lipinski definition) is 5. The number of benzene rings is 2. The monoisotopic (exact) mass is 361 g/mol. The molecule has 4 nitrogen and oxygen atoms in total. The molecule has 2 rings (SSSR count). The number of carbonyl (C=O) groups is 2. The van der Waals surface area contributed by atoms with Gasteiger partial charge in [0.05, 0.1) is 5.56 Å². The minimum absolute atomic E-state index is 0.00458. The number of carbonyl (C=O) groups excluding carboxylic acids is 2. The van der Waals surface area contributed by atoms with Crippen LogP contribution in [0.15, 0.2) is 59.5 Å². The molecule has 0 aliphatic heterocycles. The molecular weight excluding hydrogens is 342 g/mol. The Morgan fingerprint density at radius 1 is 1.00 bits per heavy atom. The molecule has 0 saturated heterocycles. The summed E-state index contributed by atoms with van der Waals surface area (Å²) in [5, 5.41) is 0.00458. The van der Waals surface area contributed by atoms with Gasteiger partial charge in [-0.2, -0.15) is 0 Å². The van der Waals surface area contributed by atoms with E-state index >= 15 is 0 Å². The van der Waals surface area contributed by atoms with Crippen molar-refractivity contribution in [3.8, 4) is 0 Å². The molecule has 126 valence electrons. The van der Waals surface area contributed by atoms with Gasteiger partial charge in [-0.05, 0) is 41.6 Å². The molecule has 0 heterocycles. The molecule has 0 radical (unpaired) electrons. The Kier molecular flexibility index (Phi) is 7.21. The first-order valence-electron chi connectivity index (χ1n) is 7.34. The number of ether oxygens (including phenoxy) is 1. The van der Waals surface area contributed by atoms with Gasteiger partial charge in [0.15, 0.2) is 0 Å². The van der Waals surface area contributed by atoms with E-state index in [0.29, 0.717) is 11.5 Å². The lowest BCUT2D eigenvalue weighted by atomic mass is 10.2. The van der Waals surface area contributed by atoms with Gasteiger partial charge in [-0.15, -0.1) is 11.8 Å². The summed E-state index contributed by atoms with van der Waals surface area (Å²) >= 11 is 2.73. The number of amides is 1. The van der Waals surface area contributed by atoms with Gasteiger partial charge in [0, 0.05) is 24.7 Å². The van der Waals surface area contributed by atoms with E-state index in [1.54, 1.807) is 31.1 Å². The first-order valence-corrected chi connectivity index (χ1v) is 9.31. The average molecular weight is 361 g/mol. The van der Waals surface area contributed by atoms with Crippen molar-refractivity contribution in [2.45, 2.75) is 10.6 Å². The highest BCUT2D eigenvalue weighted by atomic mass is 32.2. The van der Waals surface area contributed by atoms with Crippen LogP contribution in [0.25, 0.3) is 0 Å². The van der Waals surface area contributed by atoms with Crippen LogP contribution in [-0.2, 0) is 10.5 Å². The summed E-state index contributed by atoms with van der Waals surface area (Å²) < 4.78 is 5.22. The average Bonchev–Trinajstić information content (AvgIpc) is 2.60. The van der Waals surface area contributed by atoms with E-state index < -0.39 is 0 Å². The molecule has 0 bridgehead atoms. The summed E-state index contributed by atoms with van der Waals surface area (Å²) in [6.07, 6.45) is 0. The van der Waals surface area contributed by atoms with Crippen molar-refractivity contribution in [3.05, 3.63) is 65.7 Å². The SMILES string of the molecule is CN(C)C(=O)Sc1ccc(CSCOC(=O)c2ccccc2)cc1. The van der Waals surface area contributed by atoms with Crippen molar-refractivity contribution >= 4 is 34.7 Å². The van der Waals surface area contributed by atoms with Crippen LogP contribution in [0, 0.1) is 0 Å². The molecule has 0 aliphatic carbocycles. The first-order chi connectivity index (χ1) is 11.6. The zero-order chi connectivity index (χ0) is 17.4. The zero-order valence-corrected chi connectivity index (χ0v) is 15.2. The molecule has 6 heteroatoms. The Morgan fingerprint density at radius 2 is 1.67 bits per heavy atom. The highest BCUT2D eigenvalue weighted by Gasteiger charge is 2.07. The zero-order valence-electron chi connectivity index (χ0n) is 13.6. The van der Waals surface area contributed by atoms with Gasteiger partial charge >= 0.3 is 5.97 Å². The molecule has 0 atom stereocenters. The highest BCUT2D eigenvalue weighted by molar-refractivity contribution is 8.13. The van der Waals surface area contributed by atoms with E-state index in [4.69, 9.17) is 4.74 Å². The summed E-state index contributed by atoms with van der Waals surface area (Å²) in [5.74, 6) is 0.745. The predicted octanol–water partition coefficient (Wildman–Crippen LogP) is 4.51. The van der Waals surface area contributed by atoms with Crippen LogP contribution in [0.2, 0.25) is 0 Å². The van der Waals surface area contributed by atoms with Gasteiger partial charge in [0.1, 0.15) is 5.94 Å². The van der Waals surface area contributed by atoms with E-state index in [9.17, 15) is 9.59 Å². The maximum atomic E-state index is 11.8. The lowest BCUT2D eigenvalue weighted by Crippen LogP contribution is -2.15. The molecule has 2 aromatic rings. The minimum Gasteiger partial charge on any atom is -0.451 e. The third-order valence-corrected chi connectivity index (χ3v) is 4.91. The molecule has 0 aliphatic rings. The van der Waals surface area contributed by atoms with Crippen LogP contribution < -0.4 is 0 Å². The Bertz CT molecular complexity index is 672. The summed E-state index contributed by atoms with van der Waals surface area (Å²) in [6.45, 7) is 0. The van der Waals surface area contributed by atoms with Gasteiger partial charge in [0.2, 0.25) is 0 Å². The van der Waals surface area contributed by atoms with Crippen molar-refractivity contribution in [1.82, 2.24) is 4.90 Å². The molecule has 0 N–H and O–H groups in total. The molecule has 0 aromatic heterocycles. The lowest BCUT2D eigenvalue weighted by molar-refractivity contribution is 0.0579. The lowest BCUT2D eigenvalue weighted by Gasteiger charge is -2.09. The van der Waals surface area contributed by atoms with Gasteiger partial charge in [-0.1, -0.05) is 30.3 Å². The smallest absolute Gasteiger partial charge is 0.338 e. The third-order valence-electron chi connectivity index (χ3n) is 3.05. The molecule has 1 amide bonds. The second-order valence-corrected chi connectivity index (χ2v) is 7.13. The second-order valence-electron chi connectivity index (χ2n) is 5.17. The van der Waals surface area contributed by atoms with Gasteiger partial charge in [-0.3, -0.25) is 4.79 Å². The van der Waals surface area contributed by atoms with E-state index in [-0.39, 0.29) is 11.2 Å². The minimum atomic E-state index is -0.308. The van der Waals surface area contributed by atoms with Crippen LogP contribution in [0.5, 0.6) is 0 Å². The number of rotatable bonds is 6. The topological polar surface area (TPSA) is 46.6 Å². The Hall–Kier alpha value is -1.92. The number of nitrogens with zero attached hydrogens (tertiary/aromatic N) is 1. The molecule has 0 fully saturated rings. The second kappa shape index (κ2) is 9.39. The van der Waals surface area contributed by atoms with Gasteiger partial charge in [0.25, 0.3) is 5.24 Å². The van der Waals surface area contributed by atoms with Crippen LogP contribution in [0.4, 0.5) is 4.79 Å². The normalized spacial score (nSPS) is 10.2. The Balaban J connectivity index is 1.73. The number of hydrogen-bond donors (Lipinski definition) is 0. The fraction of sp³-hybridized carbons (Fsp3) is 0.222. The van der Waals surface area contributed by atoms with Crippen molar-refractivity contribution in [1.29, 1.82) is 0 Å². The van der Waals surface area contributed by atoms with Crippen LogP contribution in [-0.4, -0.2) is 36.1 Å². The quantitative estimate of drug-likeness (QED) is 0.328. The molecule has 0 saturated carbocycles. The van der Waals surface area contributed by atoms with Crippen molar-refractivity contribution in [2.75, 3.05) is 20.0 Å². The number of thioether (sulfide) groups is 2. The molecule has 0 spiro atoms.